The van der Waals surface area contributed by atoms with Gasteiger partial charge in [-0.25, -0.2) is 0 Å². The third kappa shape index (κ3) is 4.20. The van der Waals surface area contributed by atoms with E-state index in [0.717, 1.165) is 5.56 Å². The van der Waals surface area contributed by atoms with Gasteiger partial charge < -0.3 is 15.2 Å². The van der Waals surface area contributed by atoms with Gasteiger partial charge in [0.1, 0.15) is 5.78 Å². The number of hydrogen-bond acceptors (Lipinski definition) is 4. The van der Waals surface area contributed by atoms with Crippen LogP contribution in [-0.4, -0.2) is 22.8 Å². The topological polar surface area (TPSA) is 63.6 Å². The van der Waals surface area contributed by atoms with Crippen LogP contribution in [0.3, 0.4) is 0 Å². The van der Waals surface area contributed by atoms with Crippen LogP contribution in [0.4, 0.5) is 0 Å². The van der Waals surface area contributed by atoms with Crippen molar-refractivity contribution in [3.8, 4) is 0 Å². The fourth-order valence-corrected chi connectivity index (χ4v) is 1.55. The molecule has 0 aliphatic carbocycles. The SMILES string of the molecule is CC(=O)C[C@H](CN([O-])O)c1ccccc1. The molecule has 0 unspecified atom stereocenters. The minimum atomic E-state index is -0.244. The molecule has 0 spiro atoms. The number of benzene rings is 1. The van der Waals surface area contributed by atoms with Gasteiger partial charge in [-0.1, -0.05) is 30.3 Å². The molecule has 0 fully saturated rings. The van der Waals surface area contributed by atoms with Crippen LogP contribution in [0.2, 0.25) is 0 Å². The molecule has 0 aliphatic rings. The van der Waals surface area contributed by atoms with Crippen molar-refractivity contribution in [2.45, 2.75) is 19.3 Å². The van der Waals surface area contributed by atoms with Crippen molar-refractivity contribution in [2.24, 2.45) is 0 Å². The number of carbonyl (C=O) groups excluding carboxylic acids is 1. The maximum Gasteiger partial charge on any atom is 0.130 e. The largest absolute Gasteiger partial charge is 0.762 e. The first-order valence-corrected chi connectivity index (χ1v) is 4.77. The van der Waals surface area contributed by atoms with Crippen molar-refractivity contribution < 1.29 is 10.0 Å². The van der Waals surface area contributed by atoms with Crippen LogP contribution in [0.15, 0.2) is 30.3 Å². The van der Waals surface area contributed by atoms with Crippen LogP contribution in [-0.2, 0) is 4.79 Å². The van der Waals surface area contributed by atoms with Gasteiger partial charge in [-0.15, -0.1) is 0 Å². The number of hydrogen-bond donors (Lipinski definition) is 1. The second-order valence-electron chi connectivity index (χ2n) is 3.55. The molecule has 1 N–H and O–H groups in total. The summed E-state index contributed by atoms with van der Waals surface area (Å²) in [6.07, 6.45) is 0.267. The molecule has 0 aliphatic heterocycles. The Morgan fingerprint density at radius 1 is 1.47 bits per heavy atom. The minimum absolute atomic E-state index is 0.00528. The van der Waals surface area contributed by atoms with E-state index in [1.165, 1.54) is 6.92 Å². The van der Waals surface area contributed by atoms with E-state index in [1.54, 1.807) is 0 Å². The molecule has 0 aromatic heterocycles. The van der Waals surface area contributed by atoms with Gasteiger partial charge in [-0.3, -0.25) is 5.23 Å². The lowest BCUT2D eigenvalue weighted by molar-refractivity contribution is -0.118. The molecule has 0 saturated carbocycles. The maximum absolute atomic E-state index is 11.0. The van der Waals surface area contributed by atoms with E-state index in [1.807, 2.05) is 30.3 Å². The summed E-state index contributed by atoms with van der Waals surface area (Å²) in [5, 5.41) is 19.1. The zero-order valence-electron chi connectivity index (χ0n) is 8.59. The number of carbonyl (C=O) groups is 1. The molecule has 82 valence electrons. The zero-order chi connectivity index (χ0) is 11.3. The normalized spacial score (nSPS) is 12.8. The summed E-state index contributed by atoms with van der Waals surface area (Å²) >= 11 is 0. The molecule has 1 atom stereocenters. The van der Waals surface area contributed by atoms with Gasteiger partial charge in [0.15, 0.2) is 0 Å². The maximum atomic E-state index is 11.0. The highest BCUT2D eigenvalue weighted by Crippen LogP contribution is 2.20. The fraction of sp³-hybridized carbons (Fsp3) is 0.364. The lowest BCUT2D eigenvalue weighted by atomic mass is 9.94. The first kappa shape index (κ1) is 11.8. The number of Topliss-reactive ketones (excluding diaryl/α,β-unsaturated/α-hetero) is 1. The molecule has 1 rings (SSSR count). The molecule has 4 heteroatoms. The Labute approximate surface area is 88.7 Å². The molecule has 15 heavy (non-hydrogen) atoms. The Kier molecular flexibility index (Phi) is 4.42. The second-order valence-corrected chi connectivity index (χ2v) is 3.55. The lowest BCUT2D eigenvalue weighted by Gasteiger charge is -2.25. The number of hydroxylamine groups is 2. The lowest BCUT2D eigenvalue weighted by Crippen LogP contribution is -2.21. The van der Waals surface area contributed by atoms with Crippen molar-refractivity contribution in [3.63, 3.8) is 0 Å². The fourth-order valence-electron chi connectivity index (χ4n) is 1.55. The minimum Gasteiger partial charge on any atom is -0.762 e. The van der Waals surface area contributed by atoms with Gasteiger partial charge in [-0.05, 0) is 12.5 Å². The van der Waals surface area contributed by atoms with Crippen LogP contribution in [0.5, 0.6) is 0 Å². The predicted octanol–water partition coefficient (Wildman–Crippen LogP) is 1.94. The highest BCUT2D eigenvalue weighted by molar-refractivity contribution is 5.76. The number of nitrogens with zero attached hydrogens (tertiary/aromatic N) is 1. The van der Waals surface area contributed by atoms with Gasteiger partial charge in [0, 0.05) is 18.9 Å². The van der Waals surface area contributed by atoms with Crippen LogP contribution in [0.1, 0.15) is 24.8 Å². The van der Waals surface area contributed by atoms with Gasteiger partial charge in [0.2, 0.25) is 0 Å². The molecule has 0 amide bonds. The molecule has 0 heterocycles. The Morgan fingerprint density at radius 3 is 2.53 bits per heavy atom. The molecular weight excluding hydrogens is 194 g/mol. The van der Waals surface area contributed by atoms with Crippen LogP contribution >= 0.6 is 0 Å². The summed E-state index contributed by atoms with van der Waals surface area (Å²) < 4.78 is 0. The van der Waals surface area contributed by atoms with Crippen LogP contribution in [0.25, 0.3) is 0 Å². The molecule has 0 radical (unpaired) electrons. The quantitative estimate of drug-likeness (QED) is 0.751. The molecule has 4 nitrogen and oxygen atoms in total. The Balaban J connectivity index is 2.76. The van der Waals surface area contributed by atoms with E-state index in [-0.39, 0.29) is 29.9 Å². The molecule has 0 saturated heterocycles. The highest BCUT2D eigenvalue weighted by atomic mass is 16.8. The Morgan fingerprint density at radius 2 is 2.07 bits per heavy atom. The summed E-state index contributed by atoms with van der Waals surface area (Å²) in [7, 11) is 0. The average Bonchev–Trinajstić information content (AvgIpc) is 2.17. The van der Waals surface area contributed by atoms with Gasteiger partial charge >= 0.3 is 0 Å². The number of ketones is 1. The summed E-state index contributed by atoms with van der Waals surface area (Å²) in [5.74, 6) is -0.239. The smallest absolute Gasteiger partial charge is 0.130 e. The van der Waals surface area contributed by atoms with Crippen LogP contribution < -0.4 is 0 Å². The zero-order valence-corrected chi connectivity index (χ0v) is 8.59. The average molecular weight is 208 g/mol. The summed E-state index contributed by atoms with van der Waals surface area (Å²) in [6.45, 7) is 1.39. The van der Waals surface area contributed by atoms with E-state index in [9.17, 15) is 10.0 Å². The van der Waals surface area contributed by atoms with E-state index in [2.05, 4.69) is 0 Å². The van der Waals surface area contributed by atoms with Crippen molar-refractivity contribution >= 4 is 5.78 Å². The van der Waals surface area contributed by atoms with Crippen LogP contribution in [0, 0.1) is 5.21 Å². The first-order chi connectivity index (χ1) is 7.09. The van der Waals surface area contributed by atoms with Gasteiger partial charge in [0.05, 0.1) is 0 Å². The third-order valence-corrected chi connectivity index (χ3v) is 2.18. The Hall–Kier alpha value is -1.23. The Bertz CT molecular complexity index is 311. The van der Waals surface area contributed by atoms with Crippen molar-refractivity contribution in [1.29, 1.82) is 0 Å². The second kappa shape index (κ2) is 5.60. The predicted molar refractivity (Wildman–Crippen MR) is 56.3 cm³/mol. The van der Waals surface area contributed by atoms with E-state index in [0.29, 0.717) is 0 Å². The summed E-state index contributed by atoms with van der Waals surface area (Å²) in [6, 6.07) is 9.24. The van der Waals surface area contributed by atoms with E-state index < -0.39 is 0 Å². The third-order valence-electron chi connectivity index (χ3n) is 2.18. The van der Waals surface area contributed by atoms with E-state index >= 15 is 0 Å². The van der Waals surface area contributed by atoms with Crippen molar-refractivity contribution in [3.05, 3.63) is 41.1 Å². The van der Waals surface area contributed by atoms with Crippen molar-refractivity contribution in [2.75, 3.05) is 6.54 Å². The van der Waals surface area contributed by atoms with Crippen molar-refractivity contribution in [1.82, 2.24) is 5.23 Å². The molecule has 1 aromatic rings. The molecule has 0 bridgehead atoms. The summed E-state index contributed by atoms with van der Waals surface area (Å²) in [5.41, 5.74) is 0.891. The van der Waals surface area contributed by atoms with E-state index in [4.69, 9.17) is 5.21 Å². The standard InChI is InChI=1S/C11H14NO3/c1-9(13)7-11(8-12(14)15)10-5-3-2-4-6-10/h2-6,11,14H,7-8H2,1H3/q-1/t11-/m1/s1. The molecular formula is C11H14NO3-. The molecule has 1 aromatic carbocycles. The van der Waals surface area contributed by atoms with Gasteiger partial charge in [0.25, 0.3) is 0 Å². The summed E-state index contributed by atoms with van der Waals surface area (Å²) in [4.78, 5) is 11.0. The first-order valence-electron chi connectivity index (χ1n) is 4.77. The highest BCUT2D eigenvalue weighted by Gasteiger charge is 2.13. The monoisotopic (exact) mass is 208 g/mol. The van der Waals surface area contributed by atoms with Gasteiger partial charge in [-0.2, -0.15) is 0 Å². The number of rotatable bonds is 5.